The number of imide groups is 2. The van der Waals surface area contributed by atoms with Crippen molar-refractivity contribution in [2.45, 2.75) is 62.4 Å². The number of benzene rings is 2. The Morgan fingerprint density at radius 1 is 0.859 bits per heavy atom. The van der Waals surface area contributed by atoms with Crippen molar-refractivity contribution < 1.29 is 75.7 Å². The first-order valence-electron chi connectivity index (χ1n) is 22.9. The molecule has 0 saturated carbocycles. The van der Waals surface area contributed by atoms with Gasteiger partial charge in [0.2, 0.25) is 23.6 Å². The zero-order chi connectivity index (χ0) is 50.8. The van der Waals surface area contributed by atoms with E-state index >= 15 is 0 Å². The molecule has 4 aliphatic rings. The summed E-state index contributed by atoms with van der Waals surface area (Å²) in [6.45, 7) is 2.80. The Morgan fingerprint density at radius 2 is 1.59 bits per heavy atom. The first-order valence-corrected chi connectivity index (χ1v) is 24.0. The zero-order valence-electron chi connectivity index (χ0n) is 38.3. The van der Waals surface area contributed by atoms with Crippen LogP contribution in [0.5, 0.6) is 0 Å². The Hall–Kier alpha value is -6.25. The summed E-state index contributed by atoms with van der Waals surface area (Å²) in [6.07, 6.45) is -2.56. The molecule has 4 aliphatic heterocycles. The van der Waals surface area contributed by atoms with E-state index in [0.29, 0.717) is 50.1 Å². The van der Waals surface area contributed by atoms with E-state index in [2.05, 4.69) is 36.1 Å². The Labute approximate surface area is 405 Å². The van der Waals surface area contributed by atoms with Crippen molar-refractivity contribution in [2.75, 3.05) is 84.2 Å². The number of nitrogens with zero attached hydrogens (tertiary/aromatic N) is 3. The van der Waals surface area contributed by atoms with E-state index < -0.39 is 85.8 Å². The van der Waals surface area contributed by atoms with Gasteiger partial charge < -0.3 is 60.9 Å². The number of carbonyl (C=O) groups excluding carboxylic acids is 8. The summed E-state index contributed by atoms with van der Waals surface area (Å²) < 4.78 is 50.1. The maximum absolute atomic E-state index is 14.5. The molecule has 1 aromatic heterocycles. The number of nitrogens with two attached hydrogens (primary N) is 1. The van der Waals surface area contributed by atoms with Gasteiger partial charge in [0, 0.05) is 68.3 Å². The second kappa shape index (κ2) is 23.8. The number of hydrogen-bond donors (Lipinski definition) is 9. The first kappa shape index (κ1) is 52.6. The van der Waals surface area contributed by atoms with Crippen LogP contribution in [0, 0.1) is 0 Å². The van der Waals surface area contributed by atoms with Gasteiger partial charge in [-0.2, -0.15) is 8.78 Å². The monoisotopic (exact) mass is 1020 g/mol. The second-order valence-corrected chi connectivity index (χ2v) is 17.7. The number of piperidine rings is 1. The van der Waals surface area contributed by atoms with E-state index in [1.807, 2.05) is 4.90 Å². The highest BCUT2D eigenvalue weighted by Crippen LogP contribution is 2.42. The van der Waals surface area contributed by atoms with Gasteiger partial charge in [0.05, 0.1) is 56.3 Å². The van der Waals surface area contributed by atoms with Gasteiger partial charge in [-0.1, -0.05) is 6.07 Å². The van der Waals surface area contributed by atoms with Gasteiger partial charge in [0.1, 0.15) is 23.8 Å². The SMILES string of the molecule is NC(=O)NCCNC(=O)[C@@H]1CC[C@@H]2CCN(CCOCCOCCOCCNc3cccc4c3C(=O)N(C3CCC(=O)NC3=O)C4=O)C[C@H](NC(=O)c3cc4cc(C(F)(F)OP(O)O)ccc4[nH]3)C(=O)N21. The fourth-order valence-electron chi connectivity index (χ4n) is 8.98. The van der Waals surface area contributed by atoms with Gasteiger partial charge in [-0.25, -0.2) is 9.32 Å². The summed E-state index contributed by atoms with van der Waals surface area (Å²) in [5.41, 5.74) is 5.40. The van der Waals surface area contributed by atoms with Crippen molar-refractivity contribution >= 4 is 72.6 Å². The summed E-state index contributed by atoms with van der Waals surface area (Å²) in [4.78, 5) is 128. The molecule has 1 unspecified atom stereocenters. The van der Waals surface area contributed by atoms with Crippen molar-refractivity contribution in [3.05, 3.63) is 64.8 Å². The fraction of sp³-hybridized carbons (Fsp3) is 0.500. The minimum atomic E-state index is -4.03. The van der Waals surface area contributed by atoms with Crippen LogP contribution in [0.1, 0.15) is 68.9 Å². The molecule has 3 saturated heterocycles. The number of nitrogens with one attached hydrogen (secondary N) is 6. The van der Waals surface area contributed by atoms with E-state index in [9.17, 15) is 47.1 Å². The van der Waals surface area contributed by atoms with Gasteiger partial charge >= 0.3 is 20.7 Å². The average Bonchev–Trinajstić information content (AvgIpc) is 4.02. The first-order chi connectivity index (χ1) is 34.0. The van der Waals surface area contributed by atoms with Crippen LogP contribution in [0.2, 0.25) is 0 Å². The van der Waals surface area contributed by atoms with Crippen LogP contribution >= 0.6 is 8.60 Å². The molecular weight excluding hydrogens is 962 g/mol. The van der Waals surface area contributed by atoms with Crippen LogP contribution in [0.15, 0.2) is 42.5 Å². The van der Waals surface area contributed by atoms with E-state index in [0.717, 1.165) is 17.0 Å². The molecule has 7 rings (SSSR count). The third-order valence-corrected chi connectivity index (χ3v) is 12.7. The lowest BCUT2D eigenvalue weighted by atomic mass is 10.0. The molecule has 71 heavy (non-hydrogen) atoms. The molecule has 9 amide bonds. The minimum absolute atomic E-state index is 0.0178. The summed E-state index contributed by atoms with van der Waals surface area (Å²) in [5, 5.41) is 13.4. The Balaban J connectivity index is 0.867. The lowest BCUT2D eigenvalue weighted by Crippen LogP contribution is -2.61. The highest BCUT2D eigenvalue weighted by molar-refractivity contribution is 7.39. The van der Waals surface area contributed by atoms with Crippen LogP contribution in [-0.4, -0.2) is 180 Å². The summed E-state index contributed by atoms with van der Waals surface area (Å²) >= 11 is 0. The maximum Gasteiger partial charge on any atom is 0.389 e. The molecule has 0 aliphatic carbocycles. The molecule has 0 spiro atoms. The predicted octanol–water partition coefficient (Wildman–Crippen LogP) is -0.0434. The number of H-pyrrole nitrogens is 1. The standard InChI is InChI=1S/C44H55F2N10O14P/c45-44(46,70-71(65)66)26-4-6-29-25(22-26)23-31(51-29)37(58)52-32-24-54(14-10-27-5-7-33(55(27)41(32)62)38(59)49-11-12-50-43(47)64)15-17-68-19-21-69-20-18-67-16-13-48-30-3-1-2-28-36(30)42(63)56(40(28)61)34-8-9-35(57)53-39(34)60/h1-4,6,22-23,27,32-34,48,51,65-66H,5,7-21,24H2,(H,49,59)(H,52,58)(H3,47,50,64)(H,53,57,60)/t27-,32+,33+,34?/m1/s1. The molecule has 384 valence electrons. The van der Waals surface area contributed by atoms with E-state index in [4.69, 9.17) is 29.7 Å². The highest BCUT2D eigenvalue weighted by Gasteiger charge is 2.47. The largest absolute Gasteiger partial charge is 0.389 e. The number of alkyl halides is 2. The summed E-state index contributed by atoms with van der Waals surface area (Å²) in [7, 11) is -3.37. The Kier molecular flexibility index (Phi) is 17.6. The van der Waals surface area contributed by atoms with Crippen molar-refractivity contribution in [2.24, 2.45) is 5.73 Å². The molecule has 0 bridgehead atoms. The normalized spacial score (nSPS) is 20.7. The molecule has 27 heteroatoms. The number of carbonyl (C=O) groups is 8. The maximum atomic E-state index is 14.5. The lowest BCUT2D eigenvalue weighted by molar-refractivity contribution is -0.189. The van der Waals surface area contributed by atoms with Gasteiger partial charge in [0.15, 0.2) is 0 Å². The number of fused-ring (bicyclic) bond motifs is 3. The van der Waals surface area contributed by atoms with E-state index in [1.54, 1.807) is 12.1 Å². The quantitative estimate of drug-likeness (QED) is 0.0342. The number of aromatic amines is 1. The molecule has 10 N–H and O–H groups in total. The third-order valence-electron chi connectivity index (χ3n) is 12.3. The van der Waals surface area contributed by atoms with Crippen LogP contribution in [0.3, 0.4) is 0 Å². The lowest BCUT2D eigenvalue weighted by Gasteiger charge is -2.38. The van der Waals surface area contributed by atoms with E-state index in [1.165, 1.54) is 23.1 Å². The predicted molar refractivity (Wildman–Crippen MR) is 245 cm³/mol. The average molecular weight is 1020 g/mol. The molecule has 4 atom stereocenters. The number of anilines is 1. The van der Waals surface area contributed by atoms with Crippen LogP contribution in [-0.2, 0) is 44.0 Å². The highest BCUT2D eigenvalue weighted by atomic mass is 31.2. The van der Waals surface area contributed by atoms with Crippen LogP contribution < -0.4 is 32.3 Å². The minimum Gasteiger partial charge on any atom is -0.382 e. The van der Waals surface area contributed by atoms with Crippen molar-refractivity contribution in [3.63, 3.8) is 0 Å². The number of halogens is 2. The molecule has 24 nitrogen and oxygen atoms in total. The van der Waals surface area contributed by atoms with Gasteiger partial charge in [-0.15, -0.1) is 0 Å². The van der Waals surface area contributed by atoms with E-state index in [-0.39, 0.29) is 100 Å². The number of aromatic nitrogens is 1. The molecule has 2 aromatic carbocycles. The Morgan fingerprint density at radius 3 is 2.32 bits per heavy atom. The number of ether oxygens (including phenoxy) is 3. The van der Waals surface area contributed by atoms with Crippen molar-refractivity contribution in [1.82, 2.24) is 41.0 Å². The Bertz CT molecular complexity index is 2500. The number of amides is 9. The fourth-order valence-corrected chi connectivity index (χ4v) is 9.29. The molecule has 3 fully saturated rings. The van der Waals surface area contributed by atoms with Gasteiger partial charge in [-0.3, -0.25) is 48.7 Å². The van der Waals surface area contributed by atoms with Crippen LogP contribution in [0.25, 0.3) is 10.9 Å². The number of hydrogen-bond acceptors (Lipinski definition) is 16. The van der Waals surface area contributed by atoms with Gasteiger partial charge in [-0.05, 0) is 62.1 Å². The molecule has 5 heterocycles. The number of rotatable bonds is 23. The molecule has 0 radical (unpaired) electrons. The molecule has 3 aromatic rings. The van der Waals surface area contributed by atoms with Crippen molar-refractivity contribution in [1.29, 1.82) is 0 Å². The topological polar surface area (TPSA) is 326 Å². The summed E-state index contributed by atoms with van der Waals surface area (Å²) in [6, 6.07) is 5.22. The number of urea groups is 1. The smallest absolute Gasteiger partial charge is 0.382 e. The third kappa shape index (κ3) is 13.0. The second-order valence-electron chi connectivity index (χ2n) is 17.0. The van der Waals surface area contributed by atoms with Crippen molar-refractivity contribution in [3.8, 4) is 0 Å². The molecular formula is C44H55F2N10O14P. The van der Waals surface area contributed by atoms with Gasteiger partial charge in [0.25, 0.3) is 17.7 Å². The summed E-state index contributed by atoms with van der Waals surface area (Å²) in [5.74, 6) is -4.02. The number of primary amides is 1. The zero-order valence-corrected chi connectivity index (χ0v) is 39.2. The van der Waals surface area contributed by atoms with Crippen LogP contribution in [0.4, 0.5) is 19.3 Å².